The molecule has 1 aromatic carbocycles. The number of benzene rings is 1. The number of nitrogens with zero attached hydrogens (tertiary/aromatic N) is 1. The first kappa shape index (κ1) is 11.9. The van der Waals surface area contributed by atoms with Crippen LogP contribution in [0.25, 0.3) is 0 Å². The standard InChI is InChI=1S/C13H16N2OS/c1-3-16-13-7-5-4-6-12(13)15-9-11-8-14-10(2)17-11/h4-8,15H,3,9H2,1-2H3. The number of nitrogens with one attached hydrogen (secondary N) is 1. The second kappa shape index (κ2) is 5.68. The van der Waals surface area contributed by atoms with Crippen LogP contribution in [0.2, 0.25) is 0 Å². The molecular formula is C13H16N2OS. The smallest absolute Gasteiger partial charge is 0.142 e. The van der Waals surface area contributed by atoms with Gasteiger partial charge in [0.15, 0.2) is 0 Å². The zero-order chi connectivity index (χ0) is 12.1. The Morgan fingerprint density at radius 1 is 1.35 bits per heavy atom. The molecule has 0 unspecified atom stereocenters. The van der Waals surface area contributed by atoms with Crippen LogP contribution in [0.15, 0.2) is 30.5 Å². The van der Waals surface area contributed by atoms with Gasteiger partial charge in [-0.2, -0.15) is 0 Å². The van der Waals surface area contributed by atoms with Crippen LogP contribution < -0.4 is 10.1 Å². The zero-order valence-corrected chi connectivity index (χ0v) is 10.9. The number of rotatable bonds is 5. The van der Waals surface area contributed by atoms with E-state index in [0.29, 0.717) is 6.61 Å². The highest BCUT2D eigenvalue weighted by molar-refractivity contribution is 7.11. The van der Waals surface area contributed by atoms with Crippen molar-refractivity contribution in [2.45, 2.75) is 20.4 Å². The molecule has 2 rings (SSSR count). The fraction of sp³-hybridized carbons (Fsp3) is 0.308. The molecule has 1 heterocycles. The summed E-state index contributed by atoms with van der Waals surface area (Å²) < 4.78 is 5.56. The molecule has 0 spiro atoms. The molecule has 0 bridgehead atoms. The average Bonchev–Trinajstić information content (AvgIpc) is 2.74. The maximum absolute atomic E-state index is 5.56. The highest BCUT2D eigenvalue weighted by Gasteiger charge is 2.03. The predicted octanol–water partition coefficient (Wildman–Crippen LogP) is 3.46. The normalized spacial score (nSPS) is 10.2. The first-order valence-electron chi connectivity index (χ1n) is 5.66. The van der Waals surface area contributed by atoms with Gasteiger partial charge in [-0.1, -0.05) is 12.1 Å². The van der Waals surface area contributed by atoms with Crippen molar-refractivity contribution in [2.24, 2.45) is 0 Å². The van der Waals surface area contributed by atoms with Crippen LogP contribution >= 0.6 is 11.3 Å². The summed E-state index contributed by atoms with van der Waals surface area (Å²) in [4.78, 5) is 5.47. The van der Waals surface area contributed by atoms with Crippen LogP contribution in [0.5, 0.6) is 5.75 Å². The molecular weight excluding hydrogens is 232 g/mol. The van der Waals surface area contributed by atoms with Gasteiger partial charge in [-0.3, -0.25) is 0 Å². The summed E-state index contributed by atoms with van der Waals surface area (Å²) in [5.41, 5.74) is 1.03. The Morgan fingerprint density at radius 2 is 2.18 bits per heavy atom. The first-order chi connectivity index (χ1) is 8.29. The monoisotopic (exact) mass is 248 g/mol. The van der Waals surface area contributed by atoms with E-state index >= 15 is 0 Å². The fourth-order valence-electron chi connectivity index (χ4n) is 1.56. The van der Waals surface area contributed by atoms with Crippen molar-refractivity contribution >= 4 is 17.0 Å². The van der Waals surface area contributed by atoms with Gasteiger partial charge in [0.05, 0.1) is 23.8 Å². The number of para-hydroxylation sites is 2. The summed E-state index contributed by atoms with van der Waals surface area (Å²) in [6.45, 7) is 5.47. The van der Waals surface area contributed by atoms with Gasteiger partial charge < -0.3 is 10.1 Å². The Balaban J connectivity index is 2.03. The molecule has 4 heteroatoms. The van der Waals surface area contributed by atoms with Crippen molar-refractivity contribution in [3.63, 3.8) is 0 Å². The maximum Gasteiger partial charge on any atom is 0.142 e. The van der Waals surface area contributed by atoms with Crippen molar-refractivity contribution in [2.75, 3.05) is 11.9 Å². The SMILES string of the molecule is CCOc1ccccc1NCc1cnc(C)s1. The molecule has 2 aromatic rings. The van der Waals surface area contributed by atoms with Gasteiger partial charge in [0.1, 0.15) is 5.75 Å². The van der Waals surface area contributed by atoms with E-state index in [2.05, 4.69) is 10.3 Å². The van der Waals surface area contributed by atoms with Crippen LogP contribution in [0.1, 0.15) is 16.8 Å². The summed E-state index contributed by atoms with van der Waals surface area (Å²) in [7, 11) is 0. The Kier molecular flexibility index (Phi) is 3.98. The van der Waals surface area contributed by atoms with Gasteiger partial charge >= 0.3 is 0 Å². The quantitative estimate of drug-likeness (QED) is 0.879. The number of thiazole rings is 1. The Bertz CT molecular complexity index is 482. The molecule has 0 atom stereocenters. The summed E-state index contributed by atoms with van der Waals surface area (Å²) >= 11 is 1.71. The summed E-state index contributed by atoms with van der Waals surface area (Å²) in [5.74, 6) is 0.899. The lowest BCUT2D eigenvalue weighted by Crippen LogP contribution is -2.01. The second-order valence-corrected chi connectivity index (χ2v) is 4.95. The van der Waals surface area contributed by atoms with Crippen LogP contribution in [0.4, 0.5) is 5.69 Å². The third-order valence-electron chi connectivity index (χ3n) is 2.31. The van der Waals surface area contributed by atoms with E-state index in [1.165, 1.54) is 4.88 Å². The molecule has 0 aliphatic rings. The maximum atomic E-state index is 5.56. The van der Waals surface area contributed by atoms with Crippen molar-refractivity contribution in [1.29, 1.82) is 0 Å². The Labute approximate surface area is 105 Å². The molecule has 1 aromatic heterocycles. The highest BCUT2D eigenvalue weighted by atomic mass is 32.1. The van der Waals surface area contributed by atoms with Gasteiger partial charge in [-0.15, -0.1) is 11.3 Å². The van der Waals surface area contributed by atoms with Gasteiger partial charge in [0.25, 0.3) is 0 Å². The van der Waals surface area contributed by atoms with E-state index in [0.717, 1.165) is 23.0 Å². The van der Waals surface area contributed by atoms with Crippen molar-refractivity contribution in [3.05, 3.63) is 40.3 Å². The molecule has 0 amide bonds. The van der Waals surface area contributed by atoms with Gasteiger partial charge in [-0.25, -0.2) is 4.98 Å². The van der Waals surface area contributed by atoms with E-state index in [-0.39, 0.29) is 0 Å². The summed E-state index contributed by atoms with van der Waals surface area (Å²) in [6, 6.07) is 7.98. The third kappa shape index (κ3) is 3.20. The van der Waals surface area contributed by atoms with Gasteiger partial charge in [0.2, 0.25) is 0 Å². The van der Waals surface area contributed by atoms with E-state index in [9.17, 15) is 0 Å². The van der Waals surface area contributed by atoms with E-state index < -0.39 is 0 Å². The lowest BCUT2D eigenvalue weighted by molar-refractivity contribution is 0.341. The molecule has 0 saturated heterocycles. The topological polar surface area (TPSA) is 34.1 Å². The van der Waals surface area contributed by atoms with E-state index in [4.69, 9.17) is 4.74 Å². The minimum atomic E-state index is 0.679. The van der Waals surface area contributed by atoms with Crippen LogP contribution in [0.3, 0.4) is 0 Å². The molecule has 0 radical (unpaired) electrons. The lowest BCUT2D eigenvalue weighted by Gasteiger charge is -2.11. The number of ether oxygens (including phenoxy) is 1. The van der Waals surface area contributed by atoms with Crippen molar-refractivity contribution in [3.8, 4) is 5.75 Å². The third-order valence-corrected chi connectivity index (χ3v) is 3.22. The highest BCUT2D eigenvalue weighted by Crippen LogP contribution is 2.24. The van der Waals surface area contributed by atoms with E-state index in [1.54, 1.807) is 11.3 Å². The first-order valence-corrected chi connectivity index (χ1v) is 6.48. The molecule has 0 saturated carbocycles. The zero-order valence-electron chi connectivity index (χ0n) is 10.1. The van der Waals surface area contributed by atoms with Crippen LogP contribution in [-0.2, 0) is 6.54 Å². The Morgan fingerprint density at radius 3 is 2.88 bits per heavy atom. The number of anilines is 1. The molecule has 17 heavy (non-hydrogen) atoms. The number of hydrogen-bond donors (Lipinski definition) is 1. The predicted molar refractivity (Wildman–Crippen MR) is 71.8 cm³/mol. The summed E-state index contributed by atoms with van der Waals surface area (Å²) in [6.07, 6.45) is 1.91. The minimum Gasteiger partial charge on any atom is -0.492 e. The van der Waals surface area contributed by atoms with E-state index in [1.807, 2.05) is 44.3 Å². The summed E-state index contributed by atoms with van der Waals surface area (Å²) in [5, 5.41) is 4.47. The fourth-order valence-corrected chi connectivity index (χ4v) is 2.30. The van der Waals surface area contributed by atoms with Gasteiger partial charge in [-0.05, 0) is 26.0 Å². The van der Waals surface area contributed by atoms with Gasteiger partial charge in [0, 0.05) is 11.1 Å². The van der Waals surface area contributed by atoms with Crippen LogP contribution in [-0.4, -0.2) is 11.6 Å². The number of hydrogen-bond acceptors (Lipinski definition) is 4. The Hall–Kier alpha value is -1.55. The average molecular weight is 248 g/mol. The van der Waals surface area contributed by atoms with Crippen molar-refractivity contribution in [1.82, 2.24) is 4.98 Å². The lowest BCUT2D eigenvalue weighted by atomic mass is 10.3. The molecule has 1 N–H and O–H groups in total. The molecule has 0 fully saturated rings. The minimum absolute atomic E-state index is 0.679. The number of aromatic nitrogens is 1. The van der Waals surface area contributed by atoms with Crippen molar-refractivity contribution < 1.29 is 4.74 Å². The molecule has 0 aliphatic carbocycles. The second-order valence-electron chi connectivity index (χ2n) is 3.63. The van der Waals surface area contributed by atoms with Crippen LogP contribution in [0, 0.1) is 6.92 Å². The molecule has 3 nitrogen and oxygen atoms in total. The largest absolute Gasteiger partial charge is 0.492 e. The molecule has 0 aliphatic heterocycles. The number of aryl methyl sites for hydroxylation is 1. The molecule has 90 valence electrons.